The summed E-state index contributed by atoms with van der Waals surface area (Å²) in [6.07, 6.45) is 0. The molecular weight excluding hydrogens is 357 g/mol. The van der Waals surface area contributed by atoms with Gasteiger partial charge in [-0.05, 0) is 66.4 Å². The molecule has 144 valence electrons. The maximum atomic E-state index is 13.2. The first kappa shape index (κ1) is 19.4. The molecule has 0 fully saturated rings. The smallest absolute Gasteiger partial charge is 0.255 e. The lowest BCUT2D eigenvalue weighted by molar-refractivity contribution is 0.0947. The predicted molar refractivity (Wildman–Crippen MR) is 107 cm³/mol. The zero-order valence-electron chi connectivity index (χ0n) is 16.0. The number of ether oxygens (including phenoxy) is 1. The molecule has 0 saturated heterocycles. The second-order valence-corrected chi connectivity index (χ2v) is 6.69. The Morgan fingerprint density at radius 2 is 1.79 bits per heavy atom. The van der Waals surface area contributed by atoms with Gasteiger partial charge in [0.05, 0.1) is 12.7 Å². The standard InChI is InChI=1S/C23H22FNO3/c1-14-4-5-17(21(26)10-14)13-25-23(27)20-12-19(15(2)11-22(20)28-3)16-6-8-18(24)9-7-16/h4-12,26H,13H2,1-3H3,(H,25,27). The number of hydrogen-bond acceptors (Lipinski definition) is 3. The fourth-order valence-corrected chi connectivity index (χ4v) is 3.06. The summed E-state index contributed by atoms with van der Waals surface area (Å²) in [6, 6.07) is 15.0. The maximum absolute atomic E-state index is 13.2. The highest BCUT2D eigenvalue weighted by atomic mass is 19.1. The first-order valence-corrected chi connectivity index (χ1v) is 8.90. The van der Waals surface area contributed by atoms with Crippen LogP contribution in [0.1, 0.15) is 27.0 Å². The van der Waals surface area contributed by atoms with Crippen LogP contribution in [0.2, 0.25) is 0 Å². The number of amides is 1. The molecule has 5 heteroatoms. The highest BCUT2D eigenvalue weighted by Gasteiger charge is 2.16. The van der Waals surface area contributed by atoms with Gasteiger partial charge in [-0.25, -0.2) is 4.39 Å². The van der Waals surface area contributed by atoms with E-state index in [-0.39, 0.29) is 24.0 Å². The SMILES string of the molecule is COc1cc(C)c(-c2ccc(F)cc2)cc1C(=O)NCc1ccc(C)cc1O. The van der Waals surface area contributed by atoms with Crippen LogP contribution in [0.4, 0.5) is 4.39 Å². The number of phenols is 1. The average molecular weight is 379 g/mol. The zero-order chi connectivity index (χ0) is 20.3. The van der Waals surface area contributed by atoms with E-state index in [9.17, 15) is 14.3 Å². The lowest BCUT2D eigenvalue weighted by atomic mass is 9.97. The Kier molecular flexibility index (Phi) is 5.64. The van der Waals surface area contributed by atoms with Crippen LogP contribution in [0.15, 0.2) is 54.6 Å². The van der Waals surface area contributed by atoms with Crippen molar-refractivity contribution in [2.75, 3.05) is 7.11 Å². The third-order valence-electron chi connectivity index (χ3n) is 4.63. The van der Waals surface area contributed by atoms with Crippen molar-refractivity contribution in [1.29, 1.82) is 0 Å². The quantitative estimate of drug-likeness (QED) is 0.672. The Morgan fingerprint density at radius 3 is 2.43 bits per heavy atom. The molecule has 0 unspecified atom stereocenters. The van der Waals surface area contributed by atoms with Crippen molar-refractivity contribution in [2.45, 2.75) is 20.4 Å². The highest BCUT2D eigenvalue weighted by molar-refractivity contribution is 5.98. The first-order chi connectivity index (χ1) is 13.4. The number of nitrogens with one attached hydrogen (secondary N) is 1. The monoisotopic (exact) mass is 379 g/mol. The molecule has 2 N–H and O–H groups in total. The summed E-state index contributed by atoms with van der Waals surface area (Å²) in [5, 5.41) is 12.8. The van der Waals surface area contributed by atoms with Gasteiger partial charge < -0.3 is 15.2 Å². The number of aromatic hydroxyl groups is 1. The topological polar surface area (TPSA) is 58.6 Å². The summed E-state index contributed by atoms with van der Waals surface area (Å²) in [5.74, 6) is -0.0388. The van der Waals surface area contributed by atoms with Gasteiger partial charge >= 0.3 is 0 Å². The van der Waals surface area contributed by atoms with Gasteiger partial charge in [0.25, 0.3) is 5.91 Å². The van der Waals surface area contributed by atoms with Gasteiger partial charge in [0.15, 0.2) is 0 Å². The summed E-state index contributed by atoms with van der Waals surface area (Å²) in [7, 11) is 1.51. The van der Waals surface area contributed by atoms with Crippen molar-refractivity contribution in [3.05, 3.63) is 82.7 Å². The van der Waals surface area contributed by atoms with Crippen LogP contribution in [0.25, 0.3) is 11.1 Å². The molecule has 1 amide bonds. The van der Waals surface area contributed by atoms with E-state index in [0.717, 1.165) is 22.3 Å². The lowest BCUT2D eigenvalue weighted by Crippen LogP contribution is -2.23. The van der Waals surface area contributed by atoms with E-state index in [2.05, 4.69) is 5.32 Å². The van der Waals surface area contributed by atoms with E-state index in [0.29, 0.717) is 16.9 Å². The Morgan fingerprint density at radius 1 is 1.07 bits per heavy atom. The number of carbonyl (C=O) groups is 1. The van der Waals surface area contributed by atoms with Gasteiger partial charge in [-0.2, -0.15) is 0 Å². The summed E-state index contributed by atoms with van der Waals surface area (Å²) in [6.45, 7) is 3.98. The Balaban J connectivity index is 1.89. The molecule has 3 aromatic rings. The van der Waals surface area contributed by atoms with Crippen LogP contribution in [0.5, 0.6) is 11.5 Å². The fraction of sp³-hybridized carbons (Fsp3) is 0.174. The molecule has 4 nitrogen and oxygen atoms in total. The summed E-state index contributed by atoms with van der Waals surface area (Å²) >= 11 is 0. The van der Waals surface area contributed by atoms with E-state index < -0.39 is 0 Å². The Labute approximate surface area is 163 Å². The molecular formula is C23H22FNO3. The molecule has 0 aliphatic rings. The molecule has 0 atom stereocenters. The summed E-state index contributed by atoms with van der Waals surface area (Å²) in [4.78, 5) is 12.8. The minimum atomic E-state index is -0.319. The molecule has 0 heterocycles. The van der Waals surface area contributed by atoms with E-state index in [1.807, 2.05) is 19.9 Å². The predicted octanol–water partition coefficient (Wildman–Crippen LogP) is 4.75. The van der Waals surface area contributed by atoms with Crippen LogP contribution < -0.4 is 10.1 Å². The molecule has 28 heavy (non-hydrogen) atoms. The van der Waals surface area contributed by atoms with Crippen molar-refractivity contribution in [1.82, 2.24) is 5.32 Å². The van der Waals surface area contributed by atoms with E-state index in [1.54, 1.807) is 36.4 Å². The number of phenolic OH excluding ortho intramolecular Hbond substituents is 1. The number of hydrogen-bond donors (Lipinski definition) is 2. The van der Waals surface area contributed by atoms with Gasteiger partial charge in [0, 0.05) is 12.1 Å². The largest absolute Gasteiger partial charge is 0.508 e. The number of carbonyl (C=O) groups excluding carboxylic acids is 1. The minimum absolute atomic E-state index is 0.142. The second-order valence-electron chi connectivity index (χ2n) is 6.69. The normalized spacial score (nSPS) is 10.6. The number of halogens is 1. The third kappa shape index (κ3) is 4.14. The lowest BCUT2D eigenvalue weighted by Gasteiger charge is -2.14. The second kappa shape index (κ2) is 8.13. The molecule has 0 aliphatic carbocycles. The molecule has 3 aromatic carbocycles. The number of benzene rings is 3. The van der Waals surface area contributed by atoms with Crippen molar-refractivity contribution in [3.8, 4) is 22.6 Å². The molecule has 0 aliphatic heterocycles. The third-order valence-corrected chi connectivity index (χ3v) is 4.63. The fourth-order valence-electron chi connectivity index (χ4n) is 3.06. The van der Waals surface area contributed by atoms with Gasteiger partial charge in [0.2, 0.25) is 0 Å². The van der Waals surface area contributed by atoms with E-state index in [1.165, 1.54) is 19.2 Å². The maximum Gasteiger partial charge on any atom is 0.255 e. The van der Waals surface area contributed by atoms with Gasteiger partial charge in [-0.3, -0.25) is 4.79 Å². The first-order valence-electron chi connectivity index (χ1n) is 8.90. The van der Waals surface area contributed by atoms with Crippen LogP contribution in [0, 0.1) is 19.7 Å². The summed E-state index contributed by atoms with van der Waals surface area (Å²) in [5.41, 5.74) is 4.49. The van der Waals surface area contributed by atoms with Crippen LogP contribution in [-0.4, -0.2) is 18.1 Å². The number of aryl methyl sites for hydroxylation is 2. The molecule has 0 spiro atoms. The molecule has 0 aromatic heterocycles. The number of rotatable bonds is 5. The highest BCUT2D eigenvalue weighted by Crippen LogP contribution is 2.31. The Hall–Kier alpha value is -3.34. The van der Waals surface area contributed by atoms with Crippen molar-refractivity contribution < 1.29 is 19.0 Å². The van der Waals surface area contributed by atoms with Gasteiger partial charge in [0.1, 0.15) is 17.3 Å². The zero-order valence-corrected chi connectivity index (χ0v) is 16.0. The van der Waals surface area contributed by atoms with Crippen LogP contribution >= 0.6 is 0 Å². The van der Waals surface area contributed by atoms with E-state index in [4.69, 9.17) is 4.74 Å². The molecule has 0 radical (unpaired) electrons. The molecule has 0 saturated carbocycles. The van der Waals surface area contributed by atoms with Crippen molar-refractivity contribution in [2.24, 2.45) is 0 Å². The Bertz CT molecular complexity index is 1010. The van der Waals surface area contributed by atoms with E-state index >= 15 is 0 Å². The molecule has 3 rings (SSSR count). The van der Waals surface area contributed by atoms with Crippen LogP contribution in [0.3, 0.4) is 0 Å². The summed E-state index contributed by atoms with van der Waals surface area (Å²) < 4.78 is 18.6. The van der Waals surface area contributed by atoms with Crippen LogP contribution in [-0.2, 0) is 6.54 Å². The minimum Gasteiger partial charge on any atom is -0.508 e. The van der Waals surface area contributed by atoms with Gasteiger partial charge in [-0.15, -0.1) is 0 Å². The van der Waals surface area contributed by atoms with Crippen molar-refractivity contribution >= 4 is 5.91 Å². The average Bonchev–Trinajstić information content (AvgIpc) is 2.67. The van der Waals surface area contributed by atoms with Crippen molar-refractivity contribution in [3.63, 3.8) is 0 Å². The van der Waals surface area contributed by atoms with Gasteiger partial charge in [-0.1, -0.05) is 24.3 Å². The number of methoxy groups -OCH3 is 1. The molecule has 0 bridgehead atoms.